The van der Waals surface area contributed by atoms with Crippen LogP contribution in [-0.4, -0.2) is 30.5 Å². The Morgan fingerprint density at radius 3 is 3.18 bits per heavy atom. The number of hydrogen-bond donors (Lipinski definition) is 2. The number of aromatic nitrogens is 1. The van der Waals surface area contributed by atoms with Gasteiger partial charge in [0.2, 0.25) is 0 Å². The summed E-state index contributed by atoms with van der Waals surface area (Å²) in [4.78, 5) is 16.5. The van der Waals surface area contributed by atoms with Crippen molar-refractivity contribution >= 4 is 17.2 Å². The zero-order valence-corrected chi connectivity index (χ0v) is 10.8. The zero-order chi connectivity index (χ0) is 12.1. The van der Waals surface area contributed by atoms with Crippen LogP contribution in [0, 0.1) is 6.92 Å². The summed E-state index contributed by atoms with van der Waals surface area (Å²) in [6.07, 6.45) is 5.90. The number of aryl methyl sites for hydroxylation is 1. The average Bonchev–Trinajstić information content (AvgIpc) is 2.77. The maximum Gasteiger partial charge on any atom is 0.263 e. The summed E-state index contributed by atoms with van der Waals surface area (Å²) in [7, 11) is 0. The van der Waals surface area contributed by atoms with Gasteiger partial charge in [0, 0.05) is 13.1 Å². The molecule has 0 bridgehead atoms. The first-order valence-electron chi connectivity index (χ1n) is 5.85. The number of nitrogens with zero attached hydrogens (tertiary/aromatic N) is 1. The van der Waals surface area contributed by atoms with Crippen LogP contribution in [0.25, 0.3) is 0 Å². The Hall–Kier alpha value is -1.20. The van der Waals surface area contributed by atoms with Crippen molar-refractivity contribution in [1.29, 1.82) is 0 Å². The van der Waals surface area contributed by atoms with Crippen LogP contribution in [0.15, 0.2) is 17.8 Å². The summed E-state index contributed by atoms with van der Waals surface area (Å²) in [6, 6.07) is 0. The quantitative estimate of drug-likeness (QED) is 0.797. The van der Waals surface area contributed by atoms with Gasteiger partial charge in [0.1, 0.15) is 4.88 Å². The summed E-state index contributed by atoms with van der Waals surface area (Å²) < 4.78 is 0. The monoisotopic (exact) mass is 251 g/mol. The van der Waals surface area contributed by atoms with Gasteiger partial charge in [-0.3, -0.25) is 4.79 Å². The first kappa shape index (κ1) is 12.3. The normalized spacial score (nSPS) is 15.5. The molecule has 92 valence electrons. The predicted molar refractivity (Wildman–Crippen MR) is 69.4 cm³/mol. The third-order valence-electron chi connectivity index (χ3n) is 2.73. The number of nitrogens with one attached hydrogen (secondary N) is 2. The van der Waals surface area contributed by atoms with Gasteiger partial charge in [0.25, 0.3) is 5.91 Å². The Morgan fingerprint density at radius 1 is 1.65 bits per heavy atom. The molecule has 4 nitrogen and oxygen atoms in total. The van der Waals surface area contributed by atoms with E-state index in [0.717, 1.165) is 30.9 Å². The van der Waals surface area contributed by atoms with E-state index >= 15 is 0 Å². The fourth-order valence-corrected chi connectivity index (χ4v) is 2.48. The molecule has 1 amide bonds. The molecule has 1 aromatic rings. The Balaban J connectivity index is 1.75. The van der Waals surface area contributed by atoms with Crippen LogP contribution in [-0.2, 0) is 0 Å². The molecule has 0 aromatic carbocycles. The van der Waals surface area contributed by atoms with E-state index < -0.39 is 0 Å². The summed E-state index contributed by atoms with van der Waals surface area (Å²) in [5, 5.41) is 7.13. The highest BCUT2D eigenvalue weighted by Gasteiger charge is 2.09. The molecule has 17 heavy (non-hydrogen) atoms. The van der Waals surface area contributed by atoms with Crippen molar-refractivity contribution in [3.63, 3.8) is 0 Å². The molecule has 0 fully saturated rings. The Kier molecular flexibility index (Phi) is 4.28. The smallest absolute Gasteiger partial charge is 0.263 e. The van der Waals surface area contributed by atoms with Crippen molar-refractivity contribution in [1.82, 2.24) is 15.6 Å². The topological polar surface area (TPSA) is 54.0 Å². The third kappa shape index (κ3) is 3.64. The minimum Gasteiger partial charge on any atom is -0.351 e. The first-order valence-corrected chi connectivity index (χ1v) is 6.66. The summed E-state index contributed by atoms with van der Waals surface area (Å²) >= 11 is 1.43. The van der Waals surface area contributed by atoms with E-state index in [1.807, 2.05) is 6.92 Å². The zero-order valence-electron chi connectivity index (χ0n) is 9.95. The van der Waals surface area contributed by atoms with E-state index in [0.29, 0.717) is 11.4 Å². The van der Waals surface area contributed by atoms with E-state index in [-0.39, 0.29) is 5.91 Å². The van der Waals surface area contributed by atoms with E-state index in [9.17, 15) is 4.79 Å². The van der Waals surface area contributed by atoms with Crippen molar-refractivity contribution in [3.05, 3.63) is 27.7 Å². The number of amides is 1. The molecule has 1 aromatic heterocycles. The number of rotatable bonds is 4. The standard InChI is InChI=1S/C12H17N3OS/c1-9-15-8-11(17-9)12(16)14-7-4-10-2-5-13-6-3-10/h2,8,13H,3-7H2,1H3,(H,14,16). The SMILES string of the molecule is Cc1ncc(C(=O)NCCC2=CCNCC2)s1. The van der Waals surface area contributed by atoms with Crippen molar-refractivity contribution in [3.8, 4) is 0 Å². The van der Waals surface area contributed by atoms with E-state index in [2.05, 4.69) is 21.7 Å². The van der Waals surface area contributed by atoms with Crippen LogP contribution in [0.3, 0.4) is 0 Å². The highest BCUT2D eigenvalue weighted by molar-refractivity contribution is 7.13. The average molecular weight is 251 g/mol. The van der Waals surface area contributed by atoms with E-state index in [1.54, 1.807) is 6.20 Å². The van der Waals surface area contributed by atoms with Crippen LogP contribution in [0.4, 0.5) is 0 Å². The van der Waals surface area contributed by atoms with Crippen LogP contribution < -0.4 is 10.6 Å². The van der Waals surface area contributed by atoms with Gasteiger partial charge in [-0.05, 0) is 26.3 Å². The molecule has 1 aliphatic heterocycles. The minimum absolute atomic E-state index is 0.00913. The molecule has 0 saturated carbocycles. The van der Waals surface area contributed by atoms with Gasteiger partial charge in [-0.2, -0.15) is 0 Å². The molecule has 2 rings (SSSR count). The van der Waals surface area contributed by atoms with E-state index in [4.69, 9.17) is 0 Å². The minimum atomic E-state index is -0.00913. The van der Waals surface area contributed by atoms with Gasteiger partial charge < -0.3 is 10.6 Å². The first-order chi connectivity index (χ1) is 8.25. The van der Waals surface area contributed by atoms with Crippen molar-refractivity contribution in [2.45, 2.75) is 19.8 Å². The maximum atomic E-state index is 11.7. The summed E-state index contributed by atoms with van der Waals surface area (Å²) in [5.74, 6) is -0.00913. The molecule has 0 radical (unpaired) electrons. The number of thiazole rings is 1. The highest BCUT2D eigenvalue weighted by Crippen LogP contribution is 2.12. The number of carbonyl (C=O) groups excluding carboxylic acids is 1. The number of carbonyl (C=O) groups is 1. The molecule has 0 unspecified atom stereocenters. The third-order valence-corrected chi connectivity index (χ3v) is 3.65. The van der Waals surface area contributed by atoms with Crippen LogP contribution >= 0.6 is 11.3 Å². The highest BCUT2D eigenvalue weighted by atomic mass is 32.1. The van der Waals surface area contributed by atoms with Crippen LogP contribution in [0.5, 0.6) is 0 Å². The maximum absolute atomic E-state index is 11.7. The van der Waals surface area contributed by atoms with Crippen LogP contribution in [0.1, 0.15) is 27.5 Å². The molecule has 0 aliphatic carbocycles. The van der Waals surface area contributed by atoms with Crippen LogP contribution in [0.2, 0.25) is 0 Å². The van der Waals surface area contributed by atoms with Gasteiger partial charge in [-0.15, -0.1) is 11.3 Å². The molecule has 2 N–H and O–H groups in total. The van der Waals surface area contributed by atoms with Crippen molar-refractivity contribution in [2.75, 3.05) is 19.6 Å². The second kappa shape index (κ2) is 5.93. The fourth-order valence-electron chi connectivity index (χ4n) is 1.79. The Morgan fingerprint density at radius 2 is 2.53 bits per heavy atom. The predicted octanol–water partition coefficient (Wildman–Crippen LogP) is 1.49. The molecule has 1 aliphatic rings. The van der Waals surface area contributed by atoms with Gasteiger partial charge in [-0.25, -0.2) is 4.98 Å². The molecule has 5 heteroatoms. The van der Waals surface area contributed by atoms with Gasteiger partial charge in [0.05, 0.1) is 11.2 Å². The lowest BCUT2D eigenvalue weighted by atomic mass is 10.1. The van der Waals surface area contributed by atoms with Crippen molar-refractivity contribution < 1.29 is 4.79 Å². The van der Waals surface area contributed by atoms with Gasteiger partial charge >= 0.3 is 0 Å². The Labute approximate surface area is 105 Å². The molecule has 2 heterocycles. The molecule has 0 saturated heterocycles. The van der Waals surface area contributed by atoms with Gasteiger partial charge in [0.15, 0.2) is 0 Å². The molecular weight excluding hydrogens is 234 g/mol. The largest absolute Gasteiger partial charge is 0.351 e. The second-order valence-electron chi connectivity index (χ2n) is 4.07. The van der Waals surface area contributed by atoms with Crippen molar-refractivity contribution in [2.24, 2.45) is 0 Å². The number of hydrogen-bond acceptors (Lipinski definition) is 4. The summed E-state index contributed by atoms with van der Waals surface area (Å²) in [6.45, 7) is 4.62. The summed E-state index contributed by atoms with van der Waals surface area (Å²) in [5.41, 5.74) is 1.43. The lowest BCUT2D eigenvalue weighted by Crippen LogP contribution is -2.26. The lowest BCUT2D eigenvalue weighted by Gasteiger charge is -2.13. The molecule has 0 spiro atoms. The van der Waals surface area contributed by atoms with Gasteiger partial charge in [-0.1, -0.05) is 11.6 Å². The van der Waals surface area contributed by atoms with E-state index in [1.165, 1.54) is 16.9 Å². The molecule has 0 atom stereocenters. The fraction of sp³-hybridized carbons (Fsp3) is 0.500. The second-order valence-corrected chi connectivity index (χ2v) is 5.30. The molecular formula is C12H17N3OS. The lowest BCUT2D eigenvalue weighted by molar-refractivity contribution is 0.0958. The Bertz CT molecular complexity index is 425.